The minimum Gasteiger partial charge on any atom is -0.744 e. The minimum atomic E-state index is -5.16. The number of benzene rings is 4. The molecule has 0 amide bonds. The Bertz CT molecular complexity index is 2480. The standard InChI is InChI=1S/C28H22F2N8O13S4.3Na/c29-23-13-24(34-28(30)33-23)32-15-3-8-22(55(44,45)46)20(11-15)36-37-25-18-12-21(52-50-48-40)26(27(39)17(18)6-7-19(25)31)38-35-14-1-4-16(5-2-14)54(42,43)10-9-47-53-51-49-41;;;/h1-8,11-13,39-41H,9-10,31H2,(H,32,33,34)(H,44,45,46);;;/q;3*+1/p-3. The number of phenolic OH excluding ortho intramolecular Hbond substituents is 1. The van der Waals surface area contributed by atoms with E-state index in [1.165, 1.54) is 42.5 Å². The smallest absolute Gasteiger partial charge is 0.744 e. The molecule has 21 nitrogen and oxygen atoms in total. The summed E-state index contributed by atoms with van der Waals surface area (Å²) in [6, 6.07) is 12.7. The van der Waals surface area contributed by atoms with Gasteiger partial charge in [-0.2, -0.15) is 28.2 Å². The number of halogens is 2. The van der Waals surface area contributed by atoms with Crippen LogP contribution >= 0.6 is 24.4 Å². The Morgan fingerprint density at radius 2 is 1.52 bits per heavy atom. The summed E-state index contributed by atoms with van der Waals surface area (Å²) in [5.41, 5.74) is 5.20. The van der Waals surface area contributed by atoms with Crippen molar-refractivity contribution < 1.29 is 157 Å². The molecule has 0 aliphatic heterocycles. The van der Waals surface area contributed by atoms with Crippen LogP contribution in [0.5, 0.6) is 5.75 Å². The molecule has 1 aromatic heterocycles. The molecule has 4 aromatic carbocycles. The van der Waals surface area contributed by atoms with Crippen molar-refractivity contribution in [2.45, 2.75) is 14.7 Å². The van der Waals surface area contributed by atoms with Crippen molar-refractivity contribution in [2.24, 2.45) is 20.5 Å². The monoisotopic (exact) mass is 910 g/mol. The van der Waals surface area contributed by atoms with E-state index in [9.17, 15) is 45.8 Å². The topological polar surface area (TPSA) is 317 Å². The summed E-state index contributed by atoms with van der Waals surface area (Å²) in [7, 11) is -8.99. The van der Waals surface area contributed by atoms with Crippen molar-refractivity contribution in [3.63, 3.8) is 0 Å². The quantitative estimate of drug-likeness (QED) is 0.00756. The first-order valence-electron chi connectivity index (χ1n) is 14.4. The van der Waals surface area contributed by atoms with E-state index in [1.54, 1.807) is 0 Å². The number of sulfone groups is 1. The third-order valence-corrected chi connectivity index (χ3v) is 10.4. The van der Waals surface area contributed by atoms with Gasteiger partial charge in [0.2, 0.25) is 5.95 Å². The van der Waals surface area contributed by atoms with E-state index in [2.05, 4.69) is 54.5 Å². The summed E-state index contributed by atoms with van der Waals surface area (Å²) < 4.78 is 101. The number of phenols is 1. The molecular formula is C28H19F2N8Na3O13S4. The SMILES string of the molecule is Nc1ccc2c(O)c(N=Nc3ccc(S(=O)(=O)CCOSOO[O-])cc3)c(SOO[O-])cc2c1N=Nc1cc(Nc2cc(F)nc(F)n2)ccc1S(=O)(=O)[O-].[Na+].[Na+].[Na+]. The summed E-state index contributed by atoms with van der Waals surface area (Å²) >= 11 is 0.444. The number of anilines is 3. The molecule has 5 rings (SSSR count). The Morgan fingerprint density at radius 3 is 2.17 bits per heavy atom. The van der Waals surface area contributed by atoms with Gasteiger partial charge in [-0.05, 0) is 60.7 Å². The molecule has 0 unspecified atom stereocenters. The van der Waals surface area contributed by atoms with Crippen LogP contribution in [-0.4, -0.2) is 48.8 Å². The van der Waals surface area contributed by atoms with Crippen molar-refractivity contribution in [2.75, 3.05) is 23.4 Å². The van der Waals surface area contributed by atoms with Gasteiger partial charge in [0.15, 0.2) is 27.9 Å². The van der Waals surface area contributed by atoms with Crippen molar-refractivity contribution in [1.29, 1.82) is 0 Å². The zero-order valence-electron chi connectivity index (χ0n) is 29.8. The fourth-order valence-electron chi connectivity index (χ4n) is 4.49. The summed E-state index contributed by atoms with van der Waals surface area (Å²) in [5.74, 6) is -2.60. The molecule has 5 aromatic rings. The number of nitrogen functional groups attached to an aromatic ring is 1. The van der Waals surface area contributed by atoms with Gasteiger partial charge in [0.1, 0.15) is 33.0 Å². The molecule has 0 bridgehead atoms. The molecule has 4 N–H and O–H groups in total. The number of hydrogen-bond acceptors (Lipinski definition) is 23. The number of azo groups is 2. The number of nitrogens with zero attached hydrogens (tertiary/aromatic N) is 6. The first-order chi connectivity index (χ1) is 26.2. The van der Waals surface area contributed by atoms with Crippen LogP contribution in [0.4, 0.5) is 48.7 Å². The average Bonchev–Trinajstić information content (AvgIpc) is 3.12. The van der Waals surface area contributed by atoms with Crippen molar-refractivity contribution in [3.05, 3.63) is 78.8 Å². The predicted molar refractivity (Wildman–Crippen MR) is 180 cm³/mol. The van der Waals surface area contributed by atoms with E-state index in [1.807, 2.05) is 0 Å². The second-order valence-corrected chi connectivity index (χ2v) is 14.9. The Morgan fingerprint density at radius 1 is 0.828 bits per heavy atom. The molecule has 58 heavy (non-hydrogen) atoms. The molecule has 0 spiro atoms. The molecule has 0 saturated carbocycles. The first kappa shape index (κ1) is 52.1. The van der Waals surface area contributed by atoms with E-state index in [-0.39, 0.29) is 174 Å². The second kappa shape index (κ2) is 23.8. The van der Waals surface area contributed by atoms with Crippen LogP contribution in [0.1, 0.15) is 0 Å². The van der Waals surface area contributed by atoms with Gasteiger partial charge in [-0.1, -0.05) is 0 Å². The van der Waals surface area contributed by atoms with Crippen LogP contribution in [0.3, 0.4) is 0 Å². The zero-order valence-corrected chi connectivity index (χ0v) is 39.0. The van der Waals surface area contributed by atoms with Crippen LogP contribution in [-0.2, 0) is 42.9 Å². The van der Waals surface area contributed by atoms with E-state index in [0.29, 0.717) is 0 Å². The van der Waals surface area contributed by atoms with Crippen molar-refractivity contribution >= 4 is 95.0 Å². The van der Waals surface area contributed by atoms with Crippen molar-refractivity contribution in [3.8, 4) is 5.75 Å². The van der Waals surface area contributed by atoms with Gasteiger partial charge in [-0.15, -0.1) is 19.7 Å². The number of rotatable bonds is 17. The molecule has 0 fully saturated rings. The Kier molecular flexibility index (Phi) is 21.4. The van der Waals surface area contributed by atoms with Crippen LogP contribution in [0.15, 0.2) is 102 Å². The normalized spacial score (nSPS) is 11.7. The third kappa shape index (κ3) is 14.0. The number of nitrogens with two attached hydrogens (primary N) is 1. The largest absolute Gasteiger partial charge is 1.00 e. The third-order valence-electron chi connectivity index (χ3n) is 6.81. The van der Waals surface area contributed by atoms with Gasteiger partial charge in [0, 0.05) is 22.5 Å². The number of fused-ring (bicyclic) bond motifs is 1. The minimum absolute atomic E-state index is 0. The summed E-state index contributed by atoms with van der Waals surface area (Å²) in [4.78, 5) is 5.21. The van der Waals surface area contributed by atoms with E-state index in [0.717, 1.165) is 24.3 Å². The number of nitrogens with one attached hydrogen (secondary N) is 1. The fourth-order valence-corrected chi connectivity index (χ4v) is 6.97. The molecule has 0 aliphatic carbocycles. The van der Waals surface area contributed by atoms with Gasteiger partial charge in [0.05, 0.1) is 50.5 Å². The van der Waals surface area contributed by atoms with Crippen LogP contribution < -0.4 is 110 Å². The predicted octanol–water partition coefficient (Wildman–Crippen LogP) is -4.51. The maximum atomic E-state index is 13.6. The zero-order chi connectivity index (χ0) is 39.8. The molecule has 30 heteroatoms. The Labute approximate surface area is 401 Å². The molecule has 290 valence electrons. The molecule has 0 atom stereocenters. The van der Waals surface area contributed by atoms with Crippen molar-refractivity contribution in [1.82, 2.24) is 9.97 Å². The van der Waals surface area contributed by atoms with Crippen LogP contribution in [0.2, 0.25) is 0 Å². The average molecular weight is 911 g/mol. The summed E-state index contributed by atoms with van der Waals surface area (Å²) in [6.07, 6.45) is -1.40. The van der Waals surface area contributed by atoms with Crippen LogP contribution in [0, 0.1) is 12.0 Å². The van der Waals surface area contributed by atoms with Gasteiger partial charge in [-0.25, -0.2) is 16.8 Å². The molecular weight excluding hydrogens is 892 g/mol. The van der Waals surface area contributed by atoms with E-state index in [4.69, 9.17) is 9.92 Å². The second-order valence-electron chi connectivity index (χ2n) is 10.2. The maximum Gasteiger partial charge on any atom is 1.00 e. The molecule has 0 aliphatic rings. The number of aromatic nitrogens is 2. The molecule has 0 saturated heterocycles. The maximum absolute atomic E-state index is 13.6. The Hall–Kier alpha value is -2.04. The Balaban J connectivity index is 0.00000387. The first-order valence-corrected chi connectivity index (χ1v) is 18.9. The van der Waals surface area contributed by atoms with Gasteiger partial charge in [0.25, 0.3) is 0 Å². The van der Waals surface area contributed by atoms with Crippen LogP contribution in [0.25, 0.3) is 10.8 Å². The number of hydrogen-bond donors (Lipinski definition) is 3. The molecule has 1 heterocycles. The summed E-state index contributed by atoms with van der Waals surface area (Å²) in [6.45, 7) is -0.339. The van der Waals surface area contributed by atoms with Gasteiger partial charge >= 0.3 is 94.8 Å². The van der Waals surface area contributed by atoms with Gasteiger partial charge in [-0.3, -0.25) is 14.3 Å². The van der Waals surface area contributed by atoms with E-state index < -0.39 is 54.1 Å². The number of aromatic hydroxyl groups is 1. The molecule has 0 radical (unpaired) electrons. The summed E-state index contributed by atoms with van der Waals surface area (Å²) in [5, 5.41) is 56.8. The van der Waals surface area contributed by atoms with Gasteiger partial charge < -0.3 is 31.2 Å². The van der Waals surface area contributed by atoms with E-state index >= 15 is 0 Å². The fraction of sp³-hybridized carbons (Fsp3) is 0.0714.